The number of nitro groups is 1. The van der Waals surface area contributed by atoms with E-state index in [-0.39, 0.29) is 23.3 Å². The number of carboxylic acid groups (broad SMARTS) is 1. The molecular formula is C14H18N2O4. The van der Waals surface area contributed by atoms with Gasteiger partial charge in [0.05, 0.1) is 16.2 Å². The fourth-order valence-corrected chi connectivity index (χ4v) is 2.93. The van der Waals surface area contributed by atoms with E-state index in [0.29, 0.717) is 5.69 Å². The van der Waals surface area contributed by atoms with Crippen LogP contribution in [0.3, 0.4) is 0 Å². The average molecular weight is 278 g/mol. The molecule has 1 fully saturated rings. The highest BCUT2D eigenvalue weighted by atomic mass is 16.6. The van der Waals surface area contributed by atoms with E-state index >= 15 is 0 Å². The third-order valence-electron chi connectivity index (χ3n) is 3.96. The van der Waals surface area contributed by atoms with Crippen molar-refractivity contribution in [1.82, 2.24) is 0 Å². The summed E-state index contributed by atoms with van der Waals surface area (Å²) in [7, 11) is 0. The molecule has 6 nitrogen and oxygen atoms in total. The minimum absolute atomic E-state index is 0.0704. The first-order valence-corrected chi connectivity index (χ1v) is 6.75. The molecular weight excluding hydrogens is 260 g/mol. The van der Waals surface area contributed by atoms with Crippen molar-refractivity contribution in [2.45, 2.75) is 45.2 Å². The molecule has 2 rings (SSSR count). The number of aromatic carboxylic acids is 1. The Morgan fingerprint density at radius 3 is 2.75 bits per heavy atom. The summed E-state index contributed by atoms with van der Waals surface area (Å²) in [4.78, 5) is 23.8. The highest BCUT2D eigenvalue weighted by molar-refractivity contribution is 5.95. The second kappa shape index (κ2) is 5.48. The molecule has 0 saturated carbocycles. The Balaban J connectivity index is 2.54. The molecule has 1 aliphatic rings. The fourth-order valence-electron chi connectivity index (χ4n) is 2.93. The number of nitro benzene ring substituents is 1. The third-order valence-corrected chi connectivity index (χ3v) is 3.96. The number of rotatable bonds is 4. The van der Waals surface area contributed by atoms with Crippen LogP contribution < -0.4 is 4.90 Å². The van der Waals surface area contributed by atoms with Crippen molar-refractivity contribution >= 4 is 17.3 Å². The standard InChI is InChI=1S/C14H18N2O4/c1-3-10-5-4-9(2)15(10)13-8-11(16(19)20)6-7-12(13)14(17)18/h6-10H,3-5H2,1-2H3,(H,17,18). The van der Waals surface area contributed by atoms with Gasteiger partial charge in [-0.2, -0.15) is 0 Å². The Hall–Kier alpha value is -2.11. The molecule has 0 bridgehead atoms. The summed E-state index contributed by atoms with van der Waals surface area (Å²) >= 11 is 0. The molecule has 1 aromatic rings. The number of anilines is 1. The topological polar surface area (TPSA) is 83.7 Å². The first-order valence-electron chi connectivity index (χ1n) is 6.75. The summed E-state index contributed by atoms with van der Waals surface area (Å²) < 4.78 is 0. The molecule has 20 heavy (non-hydrogen) atoms. The molecule has 108 valence electrons. The second-order valence-electron chi connectivity index (χ2n) is 5.16. The van der Waals surface area contributed by atoms with Crippen molar-refractivity contribution in [3.8, 4) is 0 Å². The van der Waals surface area contributed by atoms with Gasteiger partial charge in [-0.3, -0.25) is 10.1 Å². The van der Waals surface area contributed by atoms with Gasteiger partial charge in [0.1, 0.15) is 0 Å². The van der Waals surface area contributed by atoms with Crippen LogP contribution >= 0.6 is 0 Å². The summed E-state index contributed by atoms with van der Waals surface area (Å²) in [6, 6.07) is 4.39. The molecule has 1 saturated heterocycles. The average Bonchev–Trinajstić information content (AvgIpc) is 2.78. The first kappa shape index (κ1) is 14.3. The zero-order valence-corrected chi connectivity index (χ0v) is 11.6. The second-order valence-corrected chi connectivity index (χ2v) is 5.16. The van der Waals surface area contributed by atoms with Gasteiger partial charge in [0, 0.05) is 24.2 Å². The Morgan fingerprint density at radius 2 is 2.20 bits per heavy atom. The minimum atomic E-state index is -1.05. The molecule has 0 amide bonds. The van der Waals surface area contributed by atoms with E-state index in [0.717, 1.165) is 19.3 Å². The predicted octanol–water partition coefficient (Wildman–Crippen LogP) is 3.06. The Labute approximate surface area is 117 Å². The van der Waals surface area contributed by atoms with Gasteiger partial charge in [0.15, 0.2) is 0 Å². The highest BCUT2D eigenvalue weighted by Gasteiger charge is 2.32. The maximum Gasteiger partial charge on any atom is 0.337 e. The normalized spacial score (nSPS) is 22.0. The van der Waals surface area contributed by atoms with Gasteiger partial charge in [-0.05, 0) is 32.3 Å². The molecule has 0 aromatic heterocycles. The van der Waals surface area contributed by atoms with Crippen LogP contribution in [0.1, 0.15) is 43.5 Å². The third kappa shape index (κ3) is 2.45. The van der Waals surface area contributed by atoms with E-state index in [1.165, 1.54) is 18.2 Å². The van der Waals surface area contributed by atoms with Crippen molar-refractivity contribution in [3.63, 3.8) is 0 Å². The van der Waals surface area contributed by atoms with Gasteiger partial charge < -0.3 is 10.0 Å². The number of carbonyl (C=O) groups is 1. The summed E-state index contributed by atoms with van der Waals surface area (Å²) in [5.41, 5.74) is 0.519. The number of carboxylic acids is 1. The largest absolute Gasteiger partial charge is 0.478 e. The molecule has 1 heterocycles. The number of benzene rings is 1. The van der Waals surface area contributed by atoms with E-state index in [1.807, 2.05) is 18.7 Å². The number of hydrogen-bond donors (Lipinski definition) is 1. The van der Waals surface area contributed by atoms with Crippen molar-refractivity contribution in [3.05, 3.63) is 33.9 Å². The van der Waals surface area contributed by atoms with Crippen molar-refractivity contribution in [1.29, 1.82) is 0 Å². The predicted molar refractivity (Wildman–Crippen MR) is 75.3 cm³/mol. The van der Waals surface area contributed by atoms with Gasteiger partial charge >= 0.3 is 5.97 Å². The fraction of sp³-hybridized carbons (Fsp3) is 0.500. The number of non-ortho nitro benzene ring substituents is 1. The number of hydrogen-bond acceptors (Lipinski definition) is 4. The quantitative estimate of drug-likeness (QED) is 0.676. The summed E-state index contributed by atoms with van der Waals surface area (Å²) in [5, 5.41) is 20.2. The molecule has 0 aliphatic carbocycles. The van der Waals surface area contributed by atoms with Crippen molar-refractivity contribution < 1.29 is 14.8 Å². The molecule has 1 aromatic carbocycles. The SMILES string of the molecule is CCC1CCC(C)N1c1cc([N+](=O)[O-])ccc1C(=O)O. The summed E-state index contributed by atoms with van der Waals surface area (Å²) in [5.74, 6) is -1.05. The highest BCUT2D eigenvalue weighted by Crippen LogP contribution is 2.36. The summed E-state index contributed by atoms with van der Waals surface area (Å²) in [6.07, 6.45) is 2.85. The lowest BCUT2D eigenvalue weighted by atomic mass is 10.1. The Morgan fingerprint density at radius 1 is 1.50 bits per heavy atom. The molecule has 2 unspecified atom stereocenters. The molecule has 6 heteroatoms. The van der Waals surface area contributed by atoms with Crippen LogP contribution in [-0.4, -0.2) is 28.1 Å². The molecule has 2 atom stereocenters. The van der Waals surface area contributed by atoms with Crippen LogP contribution in [0.4, 0.5) is 11.4 Å². The van der Waals surface area contributed by atoms with Crippen LogP contribution in [-0.2, 0) is 0 Å². The molecule has 1 N–H and O–H groups in total. The lowest BCUT2D eigenvalue weighted by Crippen LogP contribution is -2.35. The van der Waals surface area contributed by atoms with Gasteiger partial charge in [-0.25, -0.2) is 4.79 Å². The van der Waals surface area contributed by atoms with E-state index < -0.39 is 10.9 Å². The first-order chi connectivity index (χ1) is 9.45. The monoisotopic (exact) mass is 278 g/mol. The molecule has 1 aliphatic heterocycles. The maximum absolute atomic E-state index is 11.4. The zero-order chi connectivity index (χ0) is 14.9. The lowest BCUT2D eigenvalue weighted by Gasteiger charge is -2.31. The van der Waals surface area contributed by atoms with Crippen LogP contribution in [0.5, 0.6) is 0 Å². The summed E-state index contributed by atoms with van der Waals surface area (Å²) in [6.45, 7) is 4.08. The molecule has 0 radical (unpaired) electrons. The van der Waals surface area contributed by atoms with Crippen LogP contribution in [0, 0.1) is 10.1 Å². The van der Waals surface area contributed by atoms with Crippen molar-refractivity contribution in [2.75, 3.05) is 4.90 Å². The van der Waals surface area contributed by atoms with Gasteiger partial charge in [0.2, 0.25) is 0 Å². The van der Waals surface area contributed by atoms with Gasteiger partial charge in [-0.15, -0.1) is 0 Å². The molecule has 0 spiro atoms. The van der Waals surface area contributed by atoms with E-state index in [2.05, 4.69) is 0 Å². The van der Waals surface area contributed by atoms with Crippen molar-refractivity contribution in [2.24, 2.45) is 0 Å². The van der Waals surface area contributed by atoms with Crippen LogP contribution in [0.15, 0.2) is 18.2 Å². The number of nitrogens with zero attached hydrogens (tertiary/aromatic N) is 2. The maximum atomic E-state index is 11.4. The van der Waals surface area contributed by atoms with Crippen LogP contribution in [0.25, 0.3) is 0 Å². The van der Waals surface area contributed by atoms with E-state index in [9.17, 15) is 20.0 Å². The van der Waals surface area contributed by atoms with E-state index in [4.69, 9.17) is 0 Å². The minimum Gasteiger partial charge on any atom is -0.478 e. The Kier molecular flexibility index (Phi) is 3.92. The van der Waals surface area contributed by atoms with Crippen LogP contribution in [0.2, 0.25) is 0 Å². The smallest absolute Gasteiger partial charge is 0.337 e. The lowest BCUT2D eigenvalue weighted by molar-refractivity contribution is -0.384. The zero-order valence-electron chi connectivity index (χ0n) is 11.6. The van der Waals surface area contributed by atoms with Gasteiger partial charge in [-0.1, -0.05) is 6.92 Å². The Bertz CT molecular complexity index is 544. The van der Waals surface area contributed by atoms with E-state index in [1.54, 1.807) is 0 Å². The van der Waals surface area contributed by atoms with Gasteiger partial charge in [0.25, 0.3) is 5.69 Å².